The Labute approximate surface area is 157 Å². The van der Waals surface area contributed by atoms with Crippen molar-refractivity contribution in [3.8, 4) is 0 Å². The summed E-state index contributed by atoms with van der Waals surface area (Å²) < 4.78 is 33.2. The van der Waals surface area contributed by atoms with Crippen molar-refractivity contribution in [2.75, 3.05) is 19.7 Å². The Morgan fingerprint density at radius 1 is 1.08 bits per heavy atom. The molecule has 1 aliphatic rings. The van der Waals surface area contributed by atoms with Crippen molar-refractivity contribution in [1.82, 2.24) is 9.62 Å². The lowest BCUT2D eigenvalue weighted by molar-refractivity contribution is 0.142. The van der Waals surface area contributed by atoms with Crippen LogP contribution >= 0.6 is 0 Å². The van der Waals surface area contributed by atoms with Crippen molar-refractivity contribution in [2.45, 2.75) is 65.3 Å². The molecule has 1 aromatic rings. The molecule has 1 amide bonds. The molecule has 7 heteroatoms. The van der Waals surface area contributed by atoms with Gasteiger partial charge in [0.25, 0.3) is 0 Å². The number of sulfonamides is 1. The highest BCUT2D eigenvalue weighted by molar-refractivity contribution is 7.89. The summed E-state index contributed by atoms with van der Waals surface area (Å²) in [6.07, 6.45) is 0.957. The molecular weight excluding hydrogens is 352 g/mol. The highest BCUT2D eigenvalue weighted by atomic mass is 32.2. The molecule has 0 spiro atoms. The average Bonchev–Trinajstić information content (AvgIpc) is 2.58. The second-order valence-electron chi connectivity index (χ2n) is 7.02. The van der Waals surface area contributed by atoms with E-state index in [0.29, 0.717) is 24.5 Å². The first-order chi connectivity index (χ1) is 12.1. The number of nitrogens with one attached hydrogen (secondary N) is 1. The van der Waals surface area contributed by atoms with Gasteiger partial charge in [-0.15, -0.1) is 0 Å². The van der Waals surface area contributed by atoms with Crippen molar-refractivity contribution in [3.63, 3.8) is 0 Å². The minimum absolute atomic E-state index is 0.231. The highest BCUT2D eigenvalue weighted by Gasteiger charge is 2.34. The Hall–Kier alpha value is -1.60. The fourth-order valence-electron chi connectivity index (χ4n) is 3.60. The van der Waals surface area contributed by atoms with Gasteiger partial charge in [-0.3, -0.25) is 0 Å². The summed E-state index contributed by atoms with van der Waals surface area (Å²) in [7, 11) is -3.62. The van der Waals surface area contributed by atoms with Gasteiger partial charge in [0, 0.05) is 19.1 Å². The van der Waals surface area contributed by atoms with Crippen LogP contribution in [0.15, 0.2) is 4.90 Å². The monoisotopic (exact) mass is 382 g/mol. The zero-order chi connectivity index (χ0) is 19.6. The Morgan fingerprint density at radius 2 is 1.62 bits per heavy atom. The predicted octanol–water partition coefficient (Wildman–Crippen LogP) is 3.13. The van der Waals surface area contributed by atoms with Crippen LogP contribution < -0.4 is 5.32 Å². The smallest absolute Gasteiger partial charge is 0.407 e. The molecule has 0 bridgehead atoms. The molecule has 1 N–H and O–H groups in total. The molecule has 1 fully saturated rings. The van der Waals surface area contributed by atoms with Gasteiger partial charge in [-0.2, -0.15) is 4.31 Å². The van der Waals surface area contributed by atoms with Gasteiger partial charge in [0.05, 0.1) is 11.5 Å². The Kier molecular flexibility index (Phi) is 6.34. The number of amides is 1. The summed E-state index contributed by atoms with van der Waals surface area (Å²) in [6.45, 7) is 12.5. The molecule has 1 saturated heterocycles. The van der Waals surface area contributed by atoms with E-state index in [9.17, 15) is 13.2 Å². The van der Waals surface area contributed by atoms with Crippen LogP contribution in [-0.2, 0) is 14.8 Å². The second-order valence-corrected chi connectivity index (χ2v) is 8.90. The van der Waals surface area contributed by atoms with Crippen LogP contribution in [-0.4, -0.2) is 44.6 Å². The minimum atomic E-state index is -3.62. The van der Waals surface area contributed by atoms with Gasteiger partial charge in [0.15, 0.2) is 0 Å². The van der Waals surface area contributed by atoms with Crippen LogP contribution in [0.2, 0.25) is 0 Å². The van der Waals surface area contributed by atoms with Crippen LogP contribution in [0.5, 0.6) is 0 Å². The number of benzene rings is 1. The van der Waals surface area contributed by atoms with Crippen LogP contribution in [0.25, 0.3) is 0 Å². The summed E-state index contributed by atoms with van der Waals surface area (Å²) in [5, 5.41) is 2.77. The fraction of sp³-hybridized carbons (Fsp3) is 0.632. The number of alkyl carbamates (subject to hydrolysis) is 1. The van der Waals surface area contributed by atoms with Crippen LogP contribution in [0.1, 0.15) is 47.6 Å². The summed E-state index contributed by atoms with van der Waals surface area (Å²) in [5.41, 5.74) is 4.80. The van der Waals surface area contributed by atoms with E-state index in [1.807, 2.05) is 34.6 Å². The Morgan fingerprint density at radius 3 is 2.15 bits per heavy atom. The third-order valence-electron chi connectivity index (χ3n) is 5.51. The molecule has 0 saturated carbocycles. The van der Waals surface area contributed by atoms with Gasteiger partial charge in [-0.25, -0.2) is 13.2 Å². The Balaban J connectivity index is 2.35. The molecular formula is C19H30N2O4S. The van der Waals surface area contributed by atoms with Crippen molar-refractivity contribution in [3.05, 3.63) is 27.8 Å². The average molecular weight is 383 g/mol. The number of piperidine rings is 1. The molecule has 2 rings (SSSR count). The quantitative estimate of drug-likeness (QED) is 0.868. The van der Waals surface area contributed by atoms with Gasteiger partial charge in [0.2, 0.25) is 10.0 Å². The largest absolute Gasteiger partial charge is 0.450 e. The number of hydrogen-bond acceptors (Lipinski definition) is 4. The lowest BCUT2D eigenvalue weighted by atomic mass is 9.95. The van der Waals surface area contributed by atoms with Gasteiger partial charge in [-0.1, -0.05) is 0 Å². The number of nitrogens with zero attached hydrogens (tertiary/aromatic N) is 1. The van der Waals surface area contributed by atoms with E-state index in [2.05, 4.69) is 5.32 Å². The predicted molar refractivity (Wildman–Crippen MR) is 102 cm³/mol. The van der Waals surface area contributed by atoms with Crippen LogP contribution in [0, 0.1) is 34.6 Å². The lowest BCUT2D eigenvalue weighted by Gasteiger charge is -2.33. The number of ether oxygens (including phenoxy) is 1. The van der Waals surface area contributed by atoms with E-state index in [1.54, 1.807) is 6.92 Å². The van der Waals surface area contributed by atoms with Crippen LogP contribution in [0.4, 0.5) is 4.79 Å². The minimum Gasteiger partial charge on any atom is -0.450 e. The maximum Gasteiger partial charge on any atom is 0.407 e. The first-order valence-corrected chi connectivity index (χ1v) is 10.6. The number of hydrogen-bond donors (Lipinski definition) is 1. The molecule has 0 aliphatic carbocycles. The highest BCUT2D eigenvalue weighted by Crippen LogP contribution is 2.32. The molecule has 0 aromatic heterocycles. The maximum absolute atomic E-state index is 13.4. The number of rotatable bonds is 4. The Bertz CT molecular complexity index is 773. The van der Waals surface area contributed by atoms with Gasteiger partial charge in [0.1, 0.15) is 0 Å². The van der Waals surface area contributed by atoms with E-state index in [-0.39, 0.29) is 12.6 Å². The van der Waals surface area contributed by atoms with Crippen LogP contribution in [0.3, 0.4) is 0 Å². The first kappa shape index (κ1) is 20.7. The van der Waals surface area contributed by atoms with E-state index in [1.165, 1.54) is 4.31 Å². The molecule has 1 aliphatic heterocycles. The molecule has 1 heterocycles. The number of carbonyl (C=O) groups is 1. The SMILES string of the molecule is CCOC(=O)N[C@H]1CCCN(S(=O)(=O)c2c(C)c(C)c(C)c(C)c2C)C1. The first-order valence-electron chi connectivity index (χ1n) is 9.11. The van der Waals surface area contributed by atoms with Gasteiger partial charge < -0.3 is 10.1 Å². The third kappa shape index (κ3) is 3.88. The summed E-state index contributed by atoms with van der Waals surface area (Å²) in [4.78, 5) is 12.1. The molecule has 1 aromatic carbocycles. The molecule has 0 radical (unpaired) electrons. The molecule has 26 heavy (non-hydrogen) atoms. The summed E-state index contributed by atoms with van der Waals surface area (Å²) in [6, 6.07) is -0.231. The molecule has 146 valence electrons. The standard InChI is InChI=1S/C19H30N2O4S/c1-7-25-19(22)20-17-9-8-10-21(11-17)26(23,24)18-15(5)13(3)12(2)14(4)16(18)6/h17H,7-11H2,1-6H3,(H,20,22)/t17-/m0/s1. The van der Waals surface area contributed by atoms with Gasteiger partial charge >= 0.3 is 6.09 Å². The molecule has 0 unspecified atom stereocenters. The zero-order valence-electron chi connectivity index (χ0n) is 16.6. The van der Waals surface area contributed by atoms with E-state index in [0.717, 1.165) is 34.2 Å². The lowest BCUT2D eigenvalue weighted by Crippen LogP contribution is -2.49. The maximum atomic E-state index is 13.4. The molecule has 6 nitrogen and oxygen atoms in total. The van der Waals surface area contributed by atoms with E-state index >= 15 is 0 Å². The van der Waals surface area contributed by atoms with Crippen molar-refractivity contribution in [1.29, 1.82) is 0 Å². The van der Waals surface area contributed by atoms with Gasteiger partial charge in [-0.05, 0) is 82.2 Å². The van der Waals surface area contributed by atoms with E-state index in [4.69, 9.17) is 4.74 Å². The molecule has 1 atom stereocenters. The topological polar surface area (TPSA) is 75.7 Å². The third-order valence-corrected chi connectivity index (χ3v) is 7.65. The van der Waals surface area contributed by atoms with Crippen molar-refractivity contribution >= 4 is 16.1 Å². The number of carbonyl (C=O) groups excluding carboxylic acids is 1. The van der Waals surface area contributed by atoms with Crippen molar-refractivity contribution in [2.24, 2.45) is 0 Å². The van der Waals surface area contributed by atoms with Crippen molar-refractivity contribution < 1.29 is 17.9 Å². The van der Waals surface area contributed by atoms with E-state index < -0.39 is 16.1 Å². The second kappa shape index (κ2) is 7.96. The fourth-order valence-corrected chi connectivity index (χ4v) is 5.68. The normalized spacial score (nSPS) is 18.6. The summed E-state index contributed by atoms with van der Waals surface area (Å²) >= 11 is 0. The zero-order valence-corrected chi connectivity index (χ0v) is 17.4. The summed E-state index contributed by atoms with van der Waals surface area (Å²) in [5.74, 6) is 0.